The molecule has 5 nitrogen and oxygen atoms in total. The van der Waals surface area contributed by atoms with Gasteiger partial charge >= 0.3 is 5.97 Å². The number of ether oxygens (including phenoxy) is 1. The van der Waals surface area contributed by atoms with Gasteiger partial charge in [0.25, 0.3) is 6.43 Å². The summed E-state index contributed by atoms with van der Waals surface area (Å²) >= 11 is 0. The van der Waals surface area contributed by atoms with Gasteiger partial charge in [0.1, 0.15) is 6.61 Å². The first-order valence-electron chi connectivity index (χ1n) is 6.51. The smallest absolute Gasteiger partial charge is 0.335 e. The first kappa shape index (κ1) is 15.4. The molecule has 1 aliphatic heterocycles. The monoisotopic (exact) mass is 299 g/mol. The second-order valence-electron chi connectivity index (χ2n) is 4.66. The molecule has 1 heterocycles. The molecule has 1 aromatic carbocycles. The average molecular weight is 299 g/mol. The number of halogens is 2. The summed E-state index contributed by atoms with van der Waals surface area (Å²) in [6.45, 7) is -0.264. The van der Waals surface area contributed by atoms with Crippen LogP contribution in [0.3, 0.4) is 0 Å². The topological polar surface area (TPSA) is 66.8 Å². The summed E-state index contributed by atoms with van der Waals surface area (Å²) in [6.07, 6.45) is -1.94. The number of alkyl halides is 2. The van der Waals surface area contributed by atoms with E-state index in [2.05, 4.69) is 4.74 Å². The Morgan fingerprint density at radius 2 is 2.14 bits per heavy atom. The number of carboxylic acids is 1. The molecule has 0 radical (unpaired) electrons. The highest BCUT2D eigenvalue weighted by atomic mass is 19.3. The van der Waals surface area contributed by atoms with Gasteiger partial charge in [-0.1, -0.05) is 0 Å². The molecule has 2 rings (SSSR count). The summed E-state index contributed by atoms with van der Waals surface area (Å²) in [6, 6.07) is 4.60. The van der Waals surface area contributed by atoms with Crippen LogP contribution in [0.2, 0.25) is 0 Å². The van der Waals surface area contributed by atoms with E-state index in [0.717, 1.165) is 5.56 Å². The molecule has 0 atom stereocenters. The maximum absolute atomic E-state index is 12.0. The van der Waals surface area contributed by atoms with Gasteiger partial charge in [0.05, 0.1) is 18.6 Å². The molecule has 0 bridgehead atoms. The second kappa shape index (κ2) is 6.62. The van der Waals surface area contributed by atoms with Crippen molar-refractivity contribution in [1.82, 2.24) is 0 Å². The van der Waals surface area contributed by atoms with Crippen molar-refractivity contribution in [2.24, 2.45) is 0 Å². The molecule has 1 N–H and O–H groups in total. The predicted molar refractivity (Wildman–Crippen MR) is 70.9 cm³/mol. The normalized spacial score (nSPS) is 13.6. The van der Waals surface area contributed by atoms with E-state index in [4.69, 9.17) is 5.11 Å². The summed E-state index contributed by atoms with van der Waals surface area (Å²) in [5.41, 5.74) is 1.67. The number of carboxylic acid groups (broad SMARTS) is 1. The van der Waals surface area contributed by atoms with Crippen molar-refractivity contribution in [2.45, 2.75) is 19.3 Å². The summed E-state index contributed by atoms with van der Waals surface area (Å²) in [7, 11) is 0. The van der Waals surface area contributed by atoms with Crippen molar-refractivity contribution < 1.29 is 28.2 Å². The van der Waals surface area contributed by atoms with E-state index in [9.17, 15) is 18.4 Å². The summed E-state index contributed by atoms with van der Waals surface area (Å²) in [5, 5.41) is 8.92. The molecule has 1 aromatic rings. The van der Waals surface area contributed by atoms with Crippen LogP contribution >= 0.6 is 0 Å². The number of nitrogens with zero attached hydrogens (tertiary/aromatic N) is 1. The Labute approximate surface area is 120 Å². The minimum absolute atomic E-state index is 0.0207. The van der Waals surface area contributed by atoms with Crippen LogP contribution in [0.5, 0.6) is 0 Å². The van der Waals surface area contributed by atoms with Crippen molar-refractivity contribution in [2.75, 3.05) is 24.7 Å². The minimum Gasteiger partial charge on any atom is -0.478 e. The molecule has 0 saturated carbocycles. The molecule has 21 heavy (non-hydrogen) atoms. The third-order valence-electron chi connectivity index (χ3n) is 3.23. The van der Waals surface area contributed by atoms with Crippen LogP contribution in [-0.2, 0) is 16.0 Å². The molecule has 0 aromatic heterocycles. The van der Waals surface area contributed by atoms with Gasteiger partial charge in [0.15, 0.2) is 0 Å². The van der Waals surface area contributed by atoms with E-state index in [0.29, 0.717) is 18.7 Å². The van der Waals surface area contributed by atoms with Gasteiger partial charge in [-0.2, -0.15) is 0 Å². The van der Waals surface area contributed by atoms with Gasteiger partial charge in [-0.05, 0) is 30.2 Å². The number of anilines is 1. The SMILES string of the molecule is O=C(O)c1ccc2c(c1)CCN2C(=O)CCOCC(F)F. The van der Waals surface area contributed by atoms with Crippen molar-refractivity contribution >= 4 is 17.6 Å². The zero-order valence-electron chi connectivity index (χ0n) is 11.2. The van der Waals surface area contributed by atoms with E-state index in [1.165, 1.54) is 11.0 Å². The van der Waals surface area contributed by atoms with Crippen LogP contribution in [0, 0.1) is 0 Å². The quantitative estimate of drug-likeness (QED) is 0.815. The van der Waals surface area contributed by atoms with E-state index in [1.54, 1.807) is 12.1 Å². The maximum Gasteiger partial charge on any atom is 0.335 e. The first-order chi connectivity index (χ1) is 9.99. The van der Waals surface area contributed by atoms with Crippen LogP contribution < -0.4 is 4.90 Å². The zero-order valence-corrected chi connectivity index (χ0v) is 11.2. The number of fused-ring (bicyclic) bond motifs is 1. The van der Waals surface area contributed by atoms with Crippen LogP contribution in [-0.4, -0.2) is 43.2 Å². The Hall–Kier alpha value is -2.02. The lowest BCUT2D eigenvalue weighted by molar-refractivity contribution is -0.120. The van der Waals surface area contributed by atoms with Crippen molar-refractivity contribution in [3.8, 4) is 0 Å². The van der Waals surface area contributed by atoms with E-state index in [1.807, 2.05) is 0 Å². The lowest BCUT2D eigenvalue weighted by Crippen LogP contribution is -2.29. The fraction of sp³-hybridized carbons (Fsp3) is 0.429. The molecular formula is C14H15F2NO4. The lowest BCUT2D eigenvalue weighted by atomic mass is 10.1. The number of carbonyl (C=O) groups is 2. The first-order valence-corrected chi connectivity index (χ1v) is 6.51. The highest BCUT2D eigenvalue weighted by Crippen LogP contribution is 2.29. The largest absolute Gasteiger partial charge is 0.478 e. The average Bonchev–Trinajstić information content (AvgIpc) is 2.86. The van der Waals surface area contributed by atoms with Crippen molar-refractivity contribution in [3.63, 3.8) is 0 Å². The minimum atomic E-state index is -2.54. The Kier molecular flexibility index (Phi) is 4.85. The zero-order chi connectivity index (χ0) is 15.4. The van der Waals surface area contributed by atoms with E-state index >= 15 is 0 Å². The van der Waals surface area contributed by atoms with Gasteiger partial charge in [-0.15, -0.1) is 0 Å². The second-order valence-corrected chi connectivity index (χ2v) is 4.66. The number of hydrogen-bond donors (Lipinski definition) is 1. The fourth-order valence-corrected chi connectivity index (χ4v) is 2.26. The van der Waals surface area contributed by atoms with Crippen LogP contribution in [0.25, 0.3) is 0 Å². The molecule has 1 aliphatic rings. The molecule has 0 saturated heterocycles. The Balaban J connectivity index is 1.95. The molecule has 0 spiro atoms. The fourth-order valence-electron chi connectivity index (χ4n) is 2.26. The highest BCUT2D eigenvalue weighted by Gasteiger charge is 2.25. The third-order valence-corrected chi connectivity index (χ3v) is 3.23. The maximum atomic E-state index is 12.0. The highest BCUT2D eigenvalue weighted by molar-refractivity contribution is 5.97. The van der Waals surface area contributed by atoms with Gasteiger partial charge in [0.2, 0.25) is 5.91 Å². The Morgan fingerprint density at radius 1 is 1.38 bits per heavy atom. The molecule has 114 valence electrons. The molecular weight excluding hydrogens is 284 g/mol. The van der Waals surface area contributed by atoms with Crippen molar-refractivity contribution in [1.29, 1.82) is 0 Å². The number of carbonyl (C=O) groups excluding carboxylic acids is 1. The molecule has 7 heteroatoms. The number of aromatic carboxylic acids is 1. The molecule has 0 fully saturated rings. The number of amides is 1. The lowest BCUT2D eigenvalue weighted by Gasteiger charge is -2.17. The summed E-state index contributed by atoms with van der Waals surface area (Å²) in [4.78, 5) is 24.4. The van der Waals surface area contributed by atoms with Crippen LogP contribution in [0.15, 0.2) is 18.2 Å². The predicted octanol–water partition coefficient (Wildman–Crippen LogP) is 1.95. The number of rotatable bonds is 6. The van der Waals surface area contributed by atoms with Gasteiger partial charge < -0.3 is 14.7 Å². The van der Waals surface area contributed by atoms with Crippen LogP contribution in [0.4, 0.5) is 14.5 Å². The van der Waals surface area contributed by atoms with Gasteiger partial charge in [-0.3, -0.25) is 4.79 Å². The van der Waals surface area contributed by atoms with Crippen molar-refractivity contribution in [3.05, 3.63) is 29.3 Å². The van der Waals surface area contributed by atoms with Gasteiger partial charge in [0, 0.05) is 12.2 Å². The standard InChI is InChI=1S/C14H15F2NO4/c15-12(16)8-21-6-4-13(18)17-5-3-9-7-10(14(19)20)1-2-11(9)17/h1-2,7,12H,3-6,8H2,(H,19,20). The van der Waals surface area contributed by atoms with Crippen LogP contribution in [0.1, 0.15) is 22.3 Å². The Bertz CT molecular complexity index is 548. The summed E-state index contributed by atoms with van der Waals surface area (Å²) in [5.74, 6) is -1.23. The number of benzene rings is 1. The Morgan fingerprint density at radius 3 is 2.81 bits per heavy atom. The van der Waals surface area contributed by atoms with Gasteiger partial charge in [-0.25, -0.2) is 13.6 Å². The van der Waals surface area contributed by atoms with E-state index in [-0.39, 0.29) is 24.5 Å². The molecule has 0 aliphatic carbocycles. The summed E-state index contributed by atoms with van der Waals surface area (Å²) < 4.78 is 28.5. The number of hydrogen-bond acceptors (Lipinski definition) is 3. The third kappa shape index (κ3) is 3.75. The molecule has 1 amide bonds. The van der Waals surface area contributed by atoms with E-state index < -0.39 is 19.0 Å². The molecule has 0 unspecified atom stereocenters.